The Labute approximate surface area is 185 Å². The molecule has 32 heavy (non-hydrogen) atoms. The fraction of sp³-hybridized carbons (Fsp3) is 0.609. The van der Waals surface area contributed by atoms with Crippen LogP contribution in [0.25, 0.3) is 0 Å². The molecule has 2 aliphatic heterocycles. The summed E-state index contributed by atoms with van der Waals surface area (Å²) in [6.45, 7) is 2.89. The number of phenols is 1. The van der Waals surface area contributed by atoms with Crippen LogP contribution in [-0.4, -0.2) is 64.9 Å². The number of hydrogen-bond acceptors (Lipinski definition) is 4. The van der Waals surface area contributed by atoms with Gasteiger partial charge in [-0.25, -0.2) is 0 Å². The third kappa shape index (κ3) is 5.81. The molecular weight excluding hydrogens is 425 g/mol. The number of nitrogens with zero attached hydrogens (tertiary/aromatic N) is 2. The number of likely N-dealkylation sites (tertiary alicyclic amines) is 1. The van der Waals surface area contributed by atoms with E-state index in [4.69, 9.17) is 0 Å². The number of Topliss-reactive ketones (excluding diaryl/α,β-unsaturated/α-hetero) is 1. The zero-order valence-corrected chi connectivity index (χ0v) is 18.2. The third-order valence-corrected chi connectivity index (χ3v) is 6.53. The highest BCUT2D eigenvalue weighted by Gasteiger charge is 2.42. The van der Waals surface area contributed by atoms with Gasteiger partial charge in [0.25, 0.3) is 0 Å². The number of benzene rings is 1. The number of amides is 2. The van der Waals surface area contributed by atoms with Gasteiger partial charge in [0, 0.05) is 39.5 Å². The van der Waals surface area contributed by atoms with Gasteiger partial charge in [-0.1, -0.05) is 0 Å². The third-order valence-electron chi connectivity index (χ3n) is 6.53. The van der Waals surface area contributed by atoms with Gasteiger partial charge in [-0.05, 0) is 67.7 Å². The number of carbonyl (C=O) groups excluding carboxylic acids is 3. The highest BCUT2D eigenvalue weighted by atomic mass is 19.4. The Morgan fingerprint density at radius 1 is 1.00 bits per heavy atom. The molecule has 0 unspecified atom stereocenters. The summed E-state index contributed by atoms with van der Waals surface area (Å²) in [5.74, 6) is -1.67. The van der Waals surface area contributed by atoms with E-state index in [0.717, 1.165) is 37.3 Å². The van der Waals surface area contributed by atoms with Crippen LogP contribution in [0.2, 0.25) is 0 Å². The largest absolute Gasteiger partial charge is 0.507 e. The van der Waals surface area contributed by atoms with Crippen molar-refractivity contribution in [2.45, 2.75) is 58.0 Å². The lowest BCUT2D eigenvalue weighted by Gasteiger charge is -2.31. The first-order valence-corrected chi connectivity index (χ1v) is 11.1. The number of halogens is 3. The number of aromatic hydroxyl groups is 1. The topological polar surface area (TPSA) is 77.9 Å². The van der Waals surface area contributed by atoms with Gasteiger partial charge in [0.05, 0.1) is 5.56 Å². The molecule has 0 radical (unpaired) electrons. The maximum Gasteiger partial charge on any atom is 0.471 e. The van der Waals surface area contributed by atoms with Crippen molar-refractivity contribution in [3.8, 4) is 5.75 Å². The molecule has 0 aliphatic carbocycles. The normalized spacial score (nSPS) is 17.6. The molecule has 2 aliphatic rings. The van der Waals surface area contributed by atoms with Crippen molar-refractivity contribution in [2.24, 2.45) is 5.92 Å². The van der Waals surface area contributed by atoms with Crippen molar-refractivity contribution in [2.75, 3.05) is 26.2 Å². The van der Waals surface area contributed by atoms with E-state index in [9.17, 15) is 32.7 Å². The lowest BCUT2D eigenvalue weighted by molar-refractivity contribution is -0.185. The summed E-state index contributed by atoms with van der Waals surface area (Å²) in [4.78, 5) is 38.3. The molecule has 1 fully saturated rings. The number of phenolic OH excluding ortho intramolecular Hbond substituents is 1. The fourth-order valence-electron chi connectivity index (χ4n) is 4.59. The molecule has 9 heteroatoms. The van der Waals surface area contributed by atoms with Crippen molar-refractivity contribution in [1.29, 1.82) is 0 Å². The Balaban J connectivity index is 1.56. The first-order chi connectivity index (χ1) is 15.1. The molecule has 1 aromatic carbocycles. The van der Waals surface area contributed by atoms with Gasteiger partial charge >= 0.3 is 12.1 Å². The van der Waals surface area contributed by atoms with Gasteiger partial charge < -0.3 is 14.9 Å². The molecule has 0 aromatic heterocycles. The summed E-state index contributed by atoms with van der Waals surface area (Å²) >= 11 is 0. The standard InChI is InChI=1S/C23H29F3N2O4/c1-15(29)27-9-5-16(6-10-27)3-2-4-20(30)19-13-17-7-11-28(22(32)23(24,25)26)12-8-18(17)14-21(19)31/h13-14,16,31H,2-12H2,1H3. The second-order valence-electron chi connectivity index (χ2n) is 8.69. The molecule has 0 atom stereocenters. The Hall–Kier alpha value is -2.58. The Bertz CT molecular complexity index is 877. The SMILES string of the molecule is CC(=O)N1CCC(CCCC(=O)c2cc3c(cc2O)CCN(C(=O)C(F)(F)F)CC3)CC1. The highest BCUT2D eigenvalue weighted by molar-refractivity contribution is 5.98. The van der Waals surface area contributed by atoms with E-state index in [1.807, 2.05) is 4.90 Å². The van der Waals surface area contributed by atoms with Crippen molar-refractivity contribution >= 4 is 17.6 Å². The number of fused-ring (bicyclic) bond motifs is 1. The van der Waals surface area contributed by atoms with E-state index in [1.54, 1.807) is 13.0 Å². The Morgan fingerprint density at radius 2 is 1.59 bits per heavy atom. The molecule has 1 aromatic rings. The van der Waals surface area contributed by atoms with Crippen molar-refractivity contribution in [1.82, 2.24) is 9.80 Å². The molecule has 3 rings (SSSR count). The summed E-state index contributed by atoms with van der Waals surface area (Å²) < 4.78 is 38.2. The number of carbonyl (C=O) groups is 3. The van der Waals surface area contributed by atoms with Crippen LogP contribution in [0.3, 0.4) is 0 Å². The van der Waals surface area contributed by atoms with Crippen LogP contribution in [0, 0.1) is 5.92 Å². The zero-order valence-electron chi connectivity index (χ0n) is 18.2. The Kier molecular flexibility index (Phi) is 7.46. The minimum atomic E-state index is -4.91. The summed E-state index contributed by atoms with van der Waals surface area (Å²) in [6, 6.07) is 3.02. The molecule has 1 saturated heterocycles. The van der Waals surface area contributed by atoms with Crippen LogP contribution in [0.5, 0.6) is 5.75 Å². The monoisotopic (exact) mass is 454 g/mol. The molecule has 176 valence electrons. The van der Waals surface area contributed by atoms with E-state index >= 15 is 0 Å². The molecule has 0 bridgehead atoms. The highest BCUT2D eigenvalue weighted by Crippen LogP contribution is 2.29. The van der Waals surface area contributed by atoms with Crippen LogP contribution in [0.4, 0.5) is 13.2 Å². The molecule has 1 N–H and O–H groups in total. The number of hydrogen-bond donors (Lipinski definition) is 1. The van der Waals surface area contributed by atoms with E-state index in [1.165, 1.54) is 6.07 Å². The quantitative estimate of drug-likeness (QED) is 0.691. The van der Waals surface area contributed by atoms with Gasteiger partial charge in [-0.3, -0.25) is 14.4 Å². The van der Waals surface area contributed by atoms with E-state index in [2.05, 4.69) is 0 Å². The first kappa shape index (κ1) is 24.1. The van der Waals surface area contributed by atoms with E-state index in [0.29, 0.717) is 23.5 Å². The zero-order chi connectivity index (χ0) is 23.5. The van der Waals surface area contributed by atoms with Crippen LogP contribution in [-0.2, 0) is 22.4 Å². The lowest BCUT2D eigenvalue weighted by atomic mass is 9.90. The van der Waals surface area contributed by atoms with Crippen LogP contribution in [0.15, 0.2) is 12.1 Å². The summed E-state index contributed by atoms with van der Waals surface area (Å²) in [5.41, 5.74) is 1.54. The number of alkyl halides is 3. The lowest BCUT2D eigenvalue weighted by Crippen LogP contribution is -2.42. The van der Waals surface area contributed by atoms with Crippen LogP contribution < -0.4 is 0 Å². The van der Waals surface area contributed by atoms with Gasteiger partial charge in [0.15, 0.2) is 5.78 Å². The van der Waals surface area contributed by atoms with Crippen molar-refractivity contribution < 1.29 is 32.7 Å². The average molecular weight is 454 g/mol. The maximum atomic E-state index is 12.7. The smallest absolute Gasteiger partial charge is 0.471 e. The predicted octanol–water partition coefficient (Wildman–Crippen LogP) is 3.49. The maximum absolute atomic E-state index is 12.7. The average Bonchev–Trinajstić information content (AvgIpc) is 2.94. The van der Waals surface area contributed by atoms with Gasteiger partial charge in [0.2, 0.25) is 5.91 Å². The minimum absolute atomic E-state index is 0.0806. The molecule has 2 amide bonds. The Morgan fingerprint density at radius 3 is 2.16 bits per heavy atom. The van der Waals surface area contributed by atoms with Gasteiger partial charge in [-0.15, -0.1) is 0 Å². The fourth-order valence-corrected chi connectivity index (χ4v) is 4.59. The van der Waals surface area contributed by atoms with Crippen LogP contribution >= 0.6 is 0 Å². The molecule has 0 spiro atoms. The molecular formula is C23H29F3N2O4. The first-order valence-electron chi connectivity index (χ1n) is 11.1. The van der Waals surface area contributed by atoms with Crippen molar-refractivity contribution in [3.05, 3.63) is 28.8 Å². The second kappa shape index (κ2) is 9.92. The second-order valence-corrected chi connectivity index (χ2v) is 8.69. The van der Waals surface area contributed by atoms with E-state index < -0.39 is 12.1 Å². The van der Waals surface area contributed by atoms with E-state index in [-0.39, 0.29) is 55.4 Å². The van der Waals surface area contributed by atoms with Crippen LogP contribution in [0.1, 0.15) is 60.5 Å². The van der Waals surface area contributed by atoms with Gasteiger partial charge in [0.1, 0.15) is 5.75 Å². The summed E-state index contributed by atoms with van der Waals surface area (Å²) in [7, 11) is 0. The molecule has 0 saturated carbocycles. The predicted molar refractivity (Wildman–Crippen MR) is 111 cm³/mol. The number of piperidine rings is 1. The summed E-state index contributed by atoms with van der Waals surface area (Å²) in [6.07, 6.45) is -0.854. The number of ketones is 1. The summed E-state index contributed by atoms with van der Waals surface area (Å²) in [5, 5.41) is 10.3. The number of rotatable bonds is 5. The minimum Gasteiger partial charge on any atom is -0.507 e. The molecule has 6 nitrogen and oxygen atoms in total. The molecule has 2 heterocycles. The van der Waals surface area contributed by atoms with Gasteiger partial charge in [-0.2, -0.15) is 13.2 Å². The van der Waals surface area contributed by atoms with Crippen molar-refractivity contribution in [3.63, 3.8) is 0 Å².